The molecule has 0 radical (unpaired) electrons. The van der Waals surface area contributed by atoms with Crippen LogP contribution in [0.15, 0.2) is 24.4 Å². The summed E-state index contributed by atoms with van der Waals surface area (Å²) in [4.78, 5) is 0. The summed E-state index contributed by atoms with van der Waals surface area (Å²) in [5.41, 5.74) is 7.73. The molecule has 4 nitrogen and oxygen atoms in total. The van der Waals surface area contributed by atoms with Crippen LogP contribution >= 0.6 is 0 Å². The first-order valence-electron chi connectivity index (χ1n) is 4.68. The lowest BCUT2D eigenvalue weighted by molar-refractivity contribution is 0.646. The molecule has 3 N–H and O–H groups in total. The lowest BCUT2D eigenvalue weighted by atomic mass is 10.2. The second kappa shape index (κ2) is 3.67. The monoisotopic (exact) mass is 190 g/mol. The van der Waals surface area contributed by atoms with Crippen LogP contribution in [0.25, 0.3) is 10.9 Å². The van der Waals surface area contributed by atoms with Crippen LogP contribution in [-0.4, -0.2) is 23.4 Å². The van der Waals surface area contributed by atoms with Gasteiger partial charge in [0, 0.05) is 24.7 Å². The van der Waals surface area contributed by atoms with Gasteiger partial charge in [0.05, 0.1) is 18.3 Å². The lowest BCUT2D eigenvalue weighted by Gasteiger charge is -2.02. The van der Waals surface area contributed by atoms with E-state index in [1.807, 2.05) is 24.0 Å². The maximum atomic E-state index is 5.49. The van der Waals surface area contributed by atoms with E-state index in [0.29, 0.717) is 6.54 Å². The summed E-state index contributed by atoms with van der Waals surface area (Å²) < 4.78 is 1.93. The van der Waals surface area contributed by atoms with Crippen molar-refractivity contribution in [2.75, 3.05) is 18.9 Å². The van der Waals surface area contributed by atoms with Crippen LogP contribution in [0.2, 0.25) is 0 Å². The molecule has 74 valence electrons. The Bertz CT molecular complexity index is 433. The van der Waals surface area contributed by atoms with Crippen molar-refractivity contribution in [1.29, 1.82) is 0 Å². The number of nitrogens with two attached hydrogens (primary N) is 1. The zero-order valence-corrected chi connectivity index (χ0v) is 8.20. The van der Waals surface area contributed by atoms with Crippen molar-refractivity contribution in [3.63, 3.8) is 0 Å². The smallest absolute Gasteiger partial charge is 0.0684 e. The predicted octanol–water partition coefficient (Wildman–Crippen LogP) is 1.04. The number of aromatic nitrogens is 2. The summed E-state index contributed by atoms with van der Waals surface area (Å²) in [5.74, 6) is 0. The average molecular weight is 190 g/mol. The van der Waals surface area contributed by atoms with E-state index in [-0.39, 0.29) is 0 Å². The molecule has 0 saturated heterocycles. The van der Waals surface area contributed by atoms with Gasteiger partial charge in [-0.05, 0) is 18.2 Å². The number of hydrogen-bond donors (Lipinski definition) is 2. The minimum absolute atomic E-state index is 0.616. The first-order valence-corrected chi connectivity index (χ1v) is 4.68. The topological polar surface area (TPSA) is 55.9 Å². The largest absolute Gasteiger partial charge is 0.388 e. The van der Waals surface area contributed by atoms with Gasteiger partial charge in [-0.15, -0.1) is 0 Å². The van der Waals surface area contributed by atoms with Gasteiger partial charge in [-0.3, -0.25) is 4.68 Å². The number of hydrogen-bond acceptors (Lipinski definition) is 3. The number of anilines is 1. The van der Waals surface area contributed by atoms with Crippen molar-refractivity contribution in [1.82, 2.24) is 9.78 Å². The van der Waals surface area contributed by atoms with Crippen LogP contribution in [0.1, 0.15) is 0 Å². The third-order valence-electron chi connectivity index (χ3n) is 2.27. The summed E-state index contributed by atoms with van der Waals surface area (Å²) in [6, 6.07) is 6.18. The molecule has 2 rings (SSSR count). The summed E-state index contributed by atoms with van der Waals surface area (Å²) >= 11 is 0. The Morgan fingerprint density at radius 1 is 1.50 bits per heavy atom. The molecule has 0 fully saturated rings. The van der Waals surface area contributed by atoms with Gasteiger partial charge in [0.25, 0.3) is 0 Å². The van der Waals surface area contributed by atoms with Crippen molar-refractivity contribution in [2.24, 2.45) is 5.73 Å². The van der Waals surface area contributed by atoms with E-state index in [0.717, 1.165) is 23.1 Å². The molecule has 0 amide bonds. The fraction of sp³-hybridized carbons (Fsp3) is 0.300. The van der Waals surface area contributed by atoms with E-state index in [9.17, 15) is 0 Å². The Morgan fingerprint density at radius 2 is 2.36 bits per heavy atom. The predicted molar refractivity (Wildman–Crippen MR) is 58.3 cm³/mol. The molecule has 4 heteroatoms. The van der Waals surface area contributed by atoms with Gasteiger partial charge in [0.15, 0.2) is 0 Å². The maximum Gasteiger partial charge on any atom is 0.0684 e. The van der Waals surface area contributed by atoms with Crippen LogP contribution in [0, 0.1) is 0 Å². The van der Waals surface area contributed by atoms with Crippen LogP contribution in [-0.2, 0) is 6.54 Å². The van der Waals surface area contributed by atoms with E-state index < -0.39 is 0 Å². The van der Waals surface area contributed by atoms with E-state index in [4.69, 9.17) is 5.73 Å². The molecule has 0 aliphatic heterocycles. The maximum absolute atomic E-state index is 5.49. The molecule has 0 aliphatic rings. The third kappa shape index (κ3) is 1.44. The molecule has 14 heavy (non-hydrogen) atoms. The van der Waals surface area contributed by atoms with Crippen molar-refractivity contribution >= 4 is 16.6 Å². The van der Waals surface area contributed by atoms with Crippen LogP contribution in [0.5, 0.6) is 0 Å². The summed E-state index contributed by atoms with van der Waals surface area (Å²) in [6.07, 6.45) is 1.87. The fourth-order valence-electron chi connectivity index (χ4n) is 1.54. The normalized spacial score (nSPS) is 10.7. The second-order valence-electron chi connectivity index (χ2n) is 3.18. The first-order chi connectivity index (χ1) is 6.85. The van der Waals surface area contributed by atoms with Crippen LogP contribution < -0.4 is 11.1 Å². The number of nitrogens with zero attached hydrogens (tertiary/aromatic N) is 2. The highest BCUT2D eigenvalue weighted by atomic mass is 15.3. The quantitative estimate of drug-likeness (QED) is 0.760. The Balaban J connectivity index is 2.48. The Hall–Kier alpha value is -1.55. The summed E-state index contributed by atoms with van der Waals surface area (Å²) in [6.45, 7) is 1.38. The molecular weight excluding hydrogens is 176 g/mol. The Kier molecular flexibility index (Phi) is 2.37. The lowest BCUT2D eigenvalue weighted by Crippen LogP contribution is -2.10. The van der Waals surface area contributed by atoms with Gasteiger partial charge in [-0.2, -0.15) is 5.10 Å². The van der Waals surface area contributed by atoms with Crippen molar-refractivity contribution in [2.45, 2.75) is 6.54 Å². The zero-order valence-electron chi connectivity index (χ0n) is 8.20. The summed E-state index contributed by atoms with van der Waals surface area (Å²) in [7, 11) is 1.91. The minimum atomic E-state index is 0.616. The summed E-state index contributed by atoms with van der Waals surface area (Å²) in [5, 5.41) is 8.51. The van der Waals surface area contributed by atoms with Gasteiger partial charge >= 0.3 is 0 Å². The second-order valence-corrected chi connectivity index (χ2v) is 3.18. The standard InChI is InChI=1S/C10H14N4/c1-12-9-2-3-10-8(6-9)7-13-14(10)5-4-11/h2-3,6-7,12H,4-5,11H2,1H3. The van der Waals surface area contributed by atoms with Crippen molar-refractivity contribution in [3.05, 3.63) is 24.4 Å². The molecule has 1 heterocycles. The molecule has 1 aromatic carbocycles. The van der Waals surface area contributed by atoms with E-state index in [1.54, 1.807) is 0 Å². The molecule has 0 unspecified atom stereocenters. The number of fused-ring (bicyclic) bond motifs is 1. The van der Waals surface area contributed by atoms with Gasteiger partial charge in [-0.25, -0.2) is 0 Å². The number of rotatable bonds is 3. The molecule has 0 atom stereocenters. The molecule has 1 aromatic heterocycles. The molecule has 2 aromatic rings. The van der Waals surface area contributed by atoms with Crippen molar-refractivity contribution < 1.29 is 0 Å². The van der Waals surface area contributed by atoms with E-state index in [1.165, 1.54) is 0 Å². The highest BCUT2D eigenvalue weighted by molar-refractivity contribution is 5.82. The van der Waals surface area contributed by atoms with Gasteiger partial charge < -0.3 is 11.1 Å². The fourth-order valence-corrected chi connectivity index (χ4v) is 1.54. The molecule has 0 aliphatic carbocycles. The molecule has 0 saturated carbocycles. The first kappa shape index (κ1) is 9.02. The molecule has 0 spiro atoms. The van der Waals surface area contributed by atoms with E-state index >= 15 is 0 Å². The molecule has 0 bridgehead atoms. The van der Waals surface area contributed by atoms with E-state index in [2.05, 4.69) is 22.5 Å². The highest BCUT2D eigenvalue weighted by Gasteiger charge is 2.01. The van der Waals surface area contributed by atoms with Crippen LogP contribution in [0.4, 0.5) is 5.69 Å². The van der Waals surface area contributed by atoms with Gasteiger partial charge in [-0.1, -0.05) is 0 Å². The number of benzene rings is 1. The molecular formula is C10H14N4. The zero-order chi connectivity index (χ0) is 9.97. The Labute approximate surface area is 82.7 Å². The third-order valence-corrected chi connectivity index (χ3v) is 2.27. The SMILES string of the molecule is CNc1ccc2c(cnn2CCN)c1. The highest BCUT2D eigenvalue weighted by Crippen LogP contribution is 2.18. The number of nitrogens with one attached hydrogen (secondary N) is 1. The van der Waals surface area contributed by atoms with Gasteiger partial charge in [0.1, 0.15) is 0 Å². The average Bonchev–Trinajstić information content (AvgIpc) is 2.61. The Morgan fingerprint density at radius 3 is 3.07 bits per heavy atom. The van der Waals surface area contributed by atoms with Crippen molar-refractivity contribution in [3.8, 4) is 0 Å². The minimum Gasteiger partial charge on any atom is -0.388 e. The van der Waals surface area contributed by atoms with Crippen LogP contribution in [0.3, 0.4) is 0 Å². The van der Waals surface area contributed by atoms with Gasteiger partial charge in [0.2, 0.25) is 0 Å².